The van der Waals surface area contributed by atoms with E-state index in [0.717, 1.165) is 4.31 Å². The summed E-state index contributed by atoms with van der Waals surface area (Å²) in [6.07, 6.45) is -0.0513. The lowest BCUT2D eigenvalue weighted by atomic mass is 10.3. The maximum absolute atomic E-state index is 12.4. The van der Waals surface area contributed by atoms with Gasteiger partial charge in [-0.1, -0.05) is 23.2 Å². The number of sulfonamides is 1. The Hall–Kier alpha value is -1.02. The number of benzene rings is 1. The predicted molar refractivity (Wildman–Crippen MR) is 81.9 cm³/mol. The van der Waals surface area contributed by atoms with Crippen LogP contribution < -0.4 is 5.73 Å². The molecule has 6 nitrogen and oxygen atoms in total. The number of hydrogen-bond donors (Lipinski definition) is 1. The van der Waals surface area contributed by atoms with E-state index < -0.39 is 16.0 Å². The molecule has 0 bridgehead atoms. The standard InChI is InChI=1S/C12H16Cl2N2O4S/c1-3-20-10(17)6-7-16(2)21(18,19)9-5-4-8(13)12(15)11(9)14/h4-5H,3,6-7,15H2,1-2H3. The monoisotopic (exact) mass is 354 g/mol. The fourth-order valence-electron chi connectivity index (χ4n) is 1.52. The first-order valence-corrected chi connectivity index (χ1v) is 8.26. The van der Waals surface area contributed by atoms with Gasteiger partial charge in [0.1, 0.15) is 4.90 Å². The number of anilines is 1. The Morgan fingerprint density at radius 2 is 2.00 bits per heavy atom. The maximum Gasteiger partial charge on any atom is 0.307 e. The summed E-state index contributed by atoms with van der Waals surface area (Å²) in [5, 5.41) is 0.0404. The quantitative estimate of drug-likeness (QED) is 0.624. The van der Waals surface area contributed by atoms with Crippen LogP contribution in [0.15, 0.2) is 17.0 Å². The third-order valence-electron chi connectivity index (χ3n) is 2.72. The van der Waals surface area contributed by atoms with E-state index >= 15 is 0 Å². The molecule has 1 rings (SSSR count). The Labute approximate surface area is 133 Å². The van der Waals surface area contributed by atoms with Gasteiger partial charge < -0.3 is 10.5 Å². The number of esters is 1. The number of nitrogens with zero attached hydrogens (tertiary/aromatic N) is 1. The summed E-state index contributed by atoms with van der Waals surface area (Å²) in [5.41, 5.74) is 5.62. The maximum atomic E-state index is 12.4. The van der Waals surface area contributed by atoms with Gasteiger partial charge in [-0.2, -0.15) is 0 Å². The van der Waals surface area contributed by atoms with E-state index in [0.29, 0.717) is 0 Å². The smallest absolute Gasteiger partial charge is 0.307 e. The largest absolute Gasteiger partial charge is 0.466 e. The molecule has 0 spiro atoms. The second kappa shape index (κ2) is 7.31. The van der Waals surface area contributed by atoms with Crippen molar-refractivity contribution in [2.75, 3.05) is 25.9 Å². The molecule has 0 heterocycles. The summed E-state index contributed by atoms with van der Waals surface area (Å²) < 4.78 is 30.5. The highest BCUT2D eigenvalue weighted by Gasteiger charge is 2.25. The fraction of sp³-hybridized carbons (Fsp3) is 0.417. The third-order valence-corrected chi connectivity index (χ3v) is 5.46. The molecule has 0 aliphatic rings. The topological polar surface area (TPSA) is 89.7 Å². The summed E-state index contributed by atoms with van der Waals surface area (Å²) in [4.78, 5) is 11.1. The van der Waals surface area contributed by atoms with Crippen LogP contribution >= 0.6 is 23.2 Å². The second-order valence-corrected chi connectivity index (χ2v) is 6.95. The van der Waals surface area contributed by atoms with Crippen LogP contribution in [-0.2, 0) is 19.6 Å². The van der Waals surface area contributed by atoms with Crippen molar-refractivity contribution in [1.29, 1.82) is 0 Å². The highest BCUT2D eigenvalue weighted by atomic mass is 35.5. The number of halogens is 2. The van der Waals surface area contributed by atoms with E-state index in [4.69, 9.17) is 33.7 Å². The van der Waals surface area contributed by atoms with E-state index in [9.17, 15) is 13.2 Å². The molecule has 2 N–H and O–H groups in total. The van der Waals surface area contributed by atoms with Gasteiger partial charge >= 0.3 is 5.97 Å². The Kier molecular flexibility index (Phi) is 6.27. The van der Waals surface area contributed by atoms with Crippen LogP contribution in [0.25, 0.3) is 0 Å². The lowest BCUT2D eigenvalue weighted by molar-refractivity contribution is -0.143. The first-order chi connectivity index (χ1) is 9.71. The number of nitrogens with two attached hydrogens (primary N) is 1. The number of ether oxygens (including phenoxy) is 1. The molecule has 0 aliphatic carbocycles. The summed E-state index contributed by atoms with van der Waals surface area (Å²) in [6, 6.07) is 2.63. The molecule has 0 saturated heterocycles. The molecule has 0 radical (unpaired) electrons. The van der Waals surface area contributed by atoms with Gasteiger partial charge in [0, 0.05) is 13.6 Å². The summed E-state index contributed by atoms with van der Waals surface area (Å²) in [5.74, 6) is -0.471. The Bertz CT molecular complexity index is 634. The third kappa shape index (κ3) is 4.23. The molecule has 0 fully saturated rings. The molecule has 0 atom stereocenters. The highest BCUT2D eigenvalue weighted by molar-refractivity contribution is 7.89. The SMILES string of the molecule is CCOC(=O)CCN(C)S(=O)(=O)c1ccc(Cl)c(N)c1Cl. The van der Waals surface area contributed by atoms with Crippen LogP contribution in [0, 0.1) is 0 Å². The Morgan fingerprint density at radius 1 is 1.38 bits per heavy atom. The average Bonchev–Trinajstić information content (AvgIpc) is 2.42. The zero-order chi connectivity index (χ0) is 16.2. The minimum atomic E-state index is -3.86. The molecular weight excluding hydrogens is 339 g/mol. The molecule has 1 aromatic carbocycles. The highest BCUT2D eigenvalue weighted by Crippen LogP contribution is 2.34. The van der Waals surface area contributed by atoms with Crippen LogP contribution in [0.4, 0.5) is 5.69 Å². The molecule has 0 unspecified atom stereocenters. The summed E-state index contributed by atoms with van der Waals surface area (Å²) in [6.45, 7) is 1.89. The van der Waals surface area contributed by atoms with Gasteiger partial charge in [0.05, 0.1) is 28.8 Å². The first kappa shape index (κ1) is 18.0. The van der Waals surface area contributed by atoms with E-state index in [-0.39, 0.29) is 40.2 Å². The number of rotatable bonds is 6. The van der Waals surface area contributed by atoms with Gasteiger partial charge in [-0.15, -0.1) is 0 Å². The molecule has 118 valence electrons. The fourth-order valence-corrected chi connectivity index (χ4v) is 3.43. The predicted octanol–water partition coefficient (Wildman–Crippen LogP) is 2.15. The number of carbonyl (C=O) groups is 1. The minimum absolute atomic E-state index is 0.00167. The van der Waals surface area contributed by atoms with Gasteiger partial charge in [-0.05, 0) is 19.1 Å². The van der Waals surface area contributed by atoms with Crippen LogP contribution in [0.3, 0.4) is 0 Å². The van der Waals surface area contributed by atoms with Gasteiger partial charge in [-0.25, -0.2) is 12.7 Å². The van der Waals surface area contributed by atoms with Gasteiger partial charge in [0.25, 0.3) is 0 Å². The molecule has 21 heavy (non-hydrogen) atoms. The Morgan fingerprint density at radius 3 is 2.57 bits per heavy atom. The zero-order valence-electron chi connectivity index (χ0n) is 11.6. The van der Waals surface area contributed by atoms with E-state index in [1.54, 1.807) is 6.92 Å². The zero-order valence-corrected chi connectivity index (χ0v) is 13.9. The number of hydrogen-bond acceptors (Lipinski definition) is 5. The first-order valence-electron chi connectivity index (χ1n) is 6.07. The van der Waals surface area contributed by atoms with Crippen molar-refractivity contribution in [2.45, 2.75) is 18.2 Å². The average molecular weight is 355 g/mol. The van der Waals surface area contributed by atoms with Crippen molar-refractivity contribution in [1.82, 2.24) is 4.31 Å². The lowest BCUT2D eigenvalue weighted by Gasteiger charge is -2.18. The van der Waals surface area contributed by atoms with Crippen molar-refractivity contribution < 1.29 is 17.9 Å². The summed E-state index contributed by atoms with van der Waals surface area (Å²) >= 11 is 11.7. The second-order valence-electron chi connectivity index (χ2n) is 4.15. The molecule has 1 aromatic rings. The normalized spacial score (nSPS) is 11.7. The van der Waals surface area contributed by atoms with Gasteiger partial charge in [-0.3, -0.25) is 4.79 Å². The molecule has 0 aromatic heterocycles. The van der Waals surface area contributed by atoms with Crippen molar-refractivity contribution in [3.05, 3.63) is 22.2 Å². The van der Waals surface area contributed by atoms with Crippen molar-refractivity contribution in [3.8, 4) is 0 Å². The van der Waals surface area contributed by atoms with Crippen molar-refractivity contribution >= 4 is 44.9 Å². The van der Waals surface area contributed by atoms with E-state index in [2.05, 4.69) is 0 Å². The van der Waals surface area contributed by atoms with E-state index in [1.165, 1.54) is 19.2 Å². The van der Waals surface area contributed by atoms with Crippen LogP contribution in [0.2, 0.25) is 10.0 Å². The van der Waals surface area contributed by atoms with Crippen LogP contribution in [0.5, 0.6) is 0 Å². The molecular formula is C12H16Cl2N2O4S. The van der Waals surface area contributed by atoms with E-state index in [1.807, 2.05) is 0 Å². The minimum Gasteiger partial charge on any atom is -0.466 e. The van der Waals surface area contributed by atoms with Crippen molar-refractivity contribution in [2.24, 2.45) is 0 Å². The number of carbonyl (C=O) groups excluding carboxylic acids is 1. The molecule has 0 saturated carbocycles. The van der Waals surface area contributed by atoms with Crippen LogP contribution in [0.1, 0.15) is 13.3 Å². The summed E-state index contributed by atoms with van der Waals surface area (Å²) in [7, 11) is -2.52. The van der Waals surface area contributed by atoms with Crippen LogP contribution in [-0.4, -0.2) is 38.9 Å². The molecule has 0 amide bonds. The Balaban J connectivity index is 2.96. The molecule has 0 aliphatic heterocycles. The lowest BCUT2D eigenvalue weighted by Crippen LogP contribution is -2.30. The number of nitrogen functional groups attached to an aromatic ring is 1. The van der Waals surface area contributed by atoms with Gasteiger partial charge in [0.2, 0.25) is 10.0 Å². The molecule has 9 heteroatoms. The van der Waals surface area contributed by atoms with Crippen molar-refractivity contribution in [3.63, 3.8) is 0 Å². The van der Waals surface area contributed by atoms with Gasteiger partial charge in [0.15, 0.2) is 0 Å².